The Kier molecular flexibility index (Phi) is 8.93. The highest BCUT2D eigenvalue weighted by atomic mass is 79.9. The van der Waals surface area contributed by atoms with Gasteiger partial charge in [-0.05, 0) is 70.9 Å². The fraction of sp³-hybridized carbons (Fsp3) is 0.440. The van der Waals surface area contributed by atoms with Crippen molar-refractivity contribution in [2.75, 3.05) is 17.1 Å². The van der Waals surface area contributed by atoms with Crippen LogP contribution < -0.4 is 9.62 Å². The Morgan fingerprint density at radius 1 is 1.09 bits per heavy atom. The van der Waals surface area contributed by atoms with Crippen molar-refractivity contribution in [2.24, 2.45) is 0 Å². The Balaban J connectivity index is 2.44. The van der Waals surface area contributed by atoms with Crippen LogP contribution in [0.1, 0.15) is 44.4 Å². The molecule has 2 amide bonds. The summed E-state index contributed by atoms with van der Waals surface area (Å²) in [4.78, 5) is 28.0. The standard InChI is InChI=1S/C25H34BrN3O4S/c1-17-11-12-22(18(2)13-17)29(34(7,32)33)16-23(30)28(15-20-9-8-10-21(26)14-20)19(3)24(31)27-25(4,5)6/h8-14,19H,15-16H2,1-7H3,(H,27,31)/t19-/m1/s1. The molecule has 1 N–H and O–H groups in total. The molecule has 2 rings (SSSR count). The van der Waals surface area contributed by atoms with Gasteiger partial charge in [0.05, 0.1) is 11.9 Å². The minimum Gasteiger partial charge on any atom is -0.350 e. The average Bonchev–Trinajstić information content (AvgIpc) is 2.68. The van der Waals surface area contributed by atoms with Gasteiger partial charge in [-0.15, -0.1) is 0 Å². The Labute approximate surface area is 211 Å². The molecule has 0 heterocycles. The van der Waals surface area contributed by atoms with Crippen molar-refractivity contribution < 1.29 is 18.0 Å². The molecular weight excluding hydrogens is 518 g/mol. The number of carbonyl (C=O) groups excluding carboxylic acids is 2. The predicted octanol–water partition coefficient (Wildman–Crippen LogP) is 4.16. The molecule has 186 valence electrons. The number of hydrogen-bond donors (Lipinski definition) is 1. The summed E-state index contributed by atoms with van der Waals surface area (Å²) in [5, 5.41) is 2.91. The first-order valence-corrected chi connectivity index (χ1v) is 13.6. The highest BCUT2D eigenvalue weighted by molar-refractivity contribution is 9.10. The van der Waals surface area contributed by atoms with Crippen LogP contribution in [0.5, 0.6) is 0 Å². The Morgan fingerprint density at radius 3 is 2.26 bits per heavy atom. The number of sulfonamides is 1. The van der Waals surface area contributed by atoms with E-state index in [-0.39, 0.29) is 12.5 Å². The first-order chi connectivity index (χ1) is 15.6. The van der Waals surface area contributed by atoms with E-state index < -0.39 is 34.1 Å². The summed E-state index contributed by atoms with van der Waals surface area (Å²) in [5.74, 6) is -0.782. The highest BCUT2D eigenvalue weighted by Gasteiger charge is 2.31. The maximum Gasteiger partial charge on any atom is 0.244 e. The van der Waals surface area contributed by atoms with Crippen LogP contribution in [0.25, 0.3) is 0 Å². The normalized spacial score (nSPS) is 12.7. The minimum absolute atomic E-state index is 0.154. The van der Waals surface area contributed by atoms with Crippen molar-refractivity contribution in [1.82, 2.24) is 10.2 Å². The van der Waals surface area contributed by atoms with Crippen LogP contribution >= 0.6 is 15.9 Å². The number of anilines is 1. The zero-order valence-electron chi connectivity index (χ0n) is 20.8. The van der Waals surface area contributed by atoms with Crippen LogP contribution in [0.4, 0.5) is 5.69 Å². The molecule has 1 atom stereocenters. The molecule has 0 saturated heterocycles. The molecule has 0 aliphatic heterocycles. The van der Waals surface area contributed by atoms with E-state index in [9.17, 15) is 18.0 Å². The molecule has 0 fully saturated rings. The number of nitrogens with one attached hydrogen (secondary N) is 1. The van der Waals surface area contributed by atoms with E-state index in [1.165, 1.54) is 4.90 Å². The smallest absolute Gasteiger partial charge is 0.244 e. The minimum atomic E-state index is -3.76. The van der Waals surface area contributed by atoms with Crippen LogP contribution in [-0.4, -0.2) is 49.5 Å². The van der Waals surface area contributed by atoms with E-state index in [2.05, 4.69) is 21.2 Å². The largest absolute Gasteiger partial charge is 0.350 e. The zero-order valence-corrected chi connectivity index (χ0v) is 23.2. The van der Waals surface area contributed by atoms with Gasteiger partial charge < -0.3 is 10.2 Å². The Bertz CT molecular complexity index is 1160. The summed E-state index contributed by atoms with van der Waals surface area (Å²) in [7, 11) is -3.76. The molecule has 0 aliphatic rings. The molecule has 2 aromatic carbocycles. The van der Waals surface area contributed by atoms with Crippen LogP contribution in [0.2, 0.25) is 0 Å². The van der Waals surface area contributed by atoms with Gasteiger partial charge in [-0.1, -0.05) is 45.8 Å². The molecule has 0 aliphatic carbocycles. The number of halogens is 1. The lowest BCUT2D eigenvalue weighted by molar-refractivity contribution is -0.140. The summed E-state index contributed by atoms with van der Waals surface area (Å²) in [6.45, 7) is 10.7. The molecule has 0 radical (unpaired) electrons. The molecular formula is C25H34BrN3O4S. The third-order valence-corrected chi connectivity index (χ3v) is 6.83. The molecule has 0 spiro atoms. The molecule has 0 saturated carbocycles. The Morgan fingerprint density at radius 2 is 1.74 bits per heavy atom. The molecule has 34 heavy (non-hydrogen) atoms. The highest BCUT2D eigenvalue weighted by Crippen LogP contribution is 2.24. The quantitative estimate of drug-likeness (QED) is 0.533. The average molecular weight is 553 g/mol. The maximum absolute atomic E-state index is 13.6. The molecule has 0 bridgehead atoms. The van der Waals surface area contributed by atoms with E-state index in [1.54, 1.807) is 13.0 Å². The number of aryl methyl sites for hydroxylation is 2. The number of rotatable bonds is 8. The summed E-state index contributed by atoms with van der Waals surface area (Å²) in [5.41, 5.74) is 2.51. The van der Waals surface area contributed by atoms with Gasteiger partial charge in [-0.25, -0.2) is 8.42 Å². The second-order valence-electron chi connectivity index (χ2n) is 9.63. The second-order valence-corrected chi connectivity index (χ2v) is 12.4. The van der Waals surface area contributed by atoms with E-state index in [0.29, 0.717) is 5.69 Å². The first-order valence-electron chi connectivity index (χ1n) is 11.0. The third-order valence-electron chi connectivity index (χ3n) is 5.21. The van der Waals surface area contributed by atoms with Crippen molar-refractivity contribution in [2.45, 2.75) is 59.7 Å². The summed E-state index contributed by atoms with van der Waals surface area (Å²) >= 11 is 3.44. The van der Waals surface area contributed by atoms with Gasteiger partial charge in [-0.2, -0.15) is 0 Å². The van der Waals surface area contributed by atoms with E-state index >= 15 is 0 Å². The number of hydrogen-bond acceptors (Lipinski definition) is 4. The van der Waals surface area contributed by atoms with E-state index in [1.807, 2.05) is 71.0 Å². The number of benzene rings is 2. The van der Waals surface area contributed by atoms with E-state index in [0.717, 1.165) is 31.7 Å². The second kappa shape index (κ2) is 10.9. The van der Waals surface area contributed by atoms with Gasteiger partial charge >= 0.3 is 0 Å². The van der Waals surface area contributed by atoms with Crippen molar-refractivity contribution in [3.63, 3.8) is 0 Å². The summed E-state index contributed by atoms with van der Waals surface area (Å²) in [6, 6.07) is 12.0. The predicted molar refractivity (Wildman–Crippen MR) is 140 cm³/mol. The third kappa shape index (κ3) is 7.84. The fourth-order valence-electron chi connectivity index (χ4n) is 3.57. The van der Waals surface area contributed by atoms with Gasteiger partial charge in [0.2, 0.25) is 21.8 Å². The van der Waals surface area contributed by atoms with Gasteiger partial charge in [0.15, 0.2) is 0 Å². The van der Waals surface area contributed by atoms with Crippen molar-refractivity contribution in [3.05, 3.63) is 63.6 Å². The van der Waals surface area contributed by atoms with Gasteiger partial charge in [0, 0.05) is 16.6 Å². The fourth-order valence-corrected chi connectivity index (χ4v) is 4.92. The van der Waals surface area contributed by atoms with Crippen LogP contribution in [-0.2, 0) is 26.2 Å². The van der Waals surface area contributed by atoms with Crippen LogP contribution in [0, 0.1) is 13.8 Å². The number of carbonyl (C=O) groups is 2. The summed E-state index contributed by atoms with van der Waals surface area (Å²) < 4.78 is 27.3. The molecule has 9 heteroatoms. The van der Waals surface area contributed by atoms with Gasteiger partial charge in [0.1, 0.15) is 12.6 Å². The monoisotopic (exact) mass is 551 g/mol. The Hall–Kier alpha value is -2.39. The van der Waals surface area contributed by atoms with Crippen molar-refractivity contribution in [3.8, 4) is 0 Å². The lowest BCUT2D eigenvalue weighted by atomic mass is 10.1. The SMILES string of the molecule is Cc1ccc(N(CC(=O)N(Cc2cccc(Br)c2)[C@H](C)C(=O)NC(C)(C)C)S(C)(=O)=O)c(C)c1. The summed E-state index contributed by atoms with van der Waals surface area (Å²) in [6.07, 6.45) is 1.08. The molecule has 0 unspecified atom stereocenters. The van der Waals surface area contributed by atoms with Crippen molar-refractivity contribution >= 4 is 43.5 Å². The lowest BCUT2D eigenvalue weighted by Crippen LogP contribution is -2.54. The lowest BCUT2D eigenvalue weighted by Gasteiger charge is -2.33. The van der Waals surface area contributed by atoms with Gasteiger partial charge in [-0.3, -0.25) is 13.9 Å². The van der Waals surface area contributed by atoms with Gasteiger partial charge in [0.25, 0.3) is 0 Å². The topological polar surface area (TPSA) is 86.8 Å². The molecule has 0 aromatic heterocycles. The first kappa shape index (κ1) is 27.9. The number of amides is 2. The van der Waals surface area contributed by atoms with Crippen LogP contribution in [0.15, 0.2) is 46.9 Å². The van der Waals surface area contributed by atoms with Crippen LogP contribution in [0.3, 0.4) is 0 Å². The molecule has 2 aromatic rings. The van der Waals surface area contributed by atoms with E-state index in [4.69, 9.17) is 0 Å². The number of nitrogens with zero attached hydrogens (tertiary/aromatic N) is 2. The molecule has 7 nitrogen and oxygen atoms in total. The van der Waals surface area contributed by atoms with Crippen molar-refractivity contribution in [1.29, 1.82) is 0 Å². The zero-order chi connectivity index (χ0) is 25.8. The maximum atomic E-state index is 13.6.